The van der Waals surface area contributed by atoms with Gasteiger partial charge in [-0.3, -0.25) is 0 Å². The van der Waals surface area contributed by atoms with Gasteiger partial charge in [-0.2, -0.15) is 0 Å². The van der Waals surface area contributed by atoms with E-state index in [1.54, 1.807) is 0 Å². The number of ether oxygens (including phenoxy) is 1. The van der Waals surface area contributed by atoms with E-state index in [-0.39, 0.29) is 0 Å². The molecule has 2 heterocycles. The number of hydrogen-bond acceptors (Lipinski definition) is 1. The molecule has 0 aromatic heterocycles. The second-order valence-corrected chi connectivity index (χ2v) is 6.72. The van der Waals surface area contributed by atoms with Gasteiger partial charge < -0.3 is 4.74 Å². The summed E-state index contributed by atoms with van der Waals surface area (Å²) >= 11 is 0. The van der Waals surface area contributed by atoms with Crippen LogP contribution in [0.25, 0.3) is 0 Å². The molecular weight excluding hydrogens is 196 g/mol. The standard InChI is InChI=1S/C15H24O/c1-9(2)11-7-8-15(4)12-6-5-10(3)14(16-12)13(11)15/h9,11-14H,3,5-8H2,1-2,4H3/t11-,12-,13?,14+,15-/m0/s1. The summed E-state index contributed by atoms with van der Waals surface area (Å²) in [5, 5.41) is 0. The second kappa shape index (κ2) is 3.35. The molecule has 3 fully saturated rings. The van der Waals surface area contributed by atoms with Crippen molar-refractivity contribution in [2.75, 3.05) is 0 Å². The molecule has 0 aromatic rings. The zero-order chi connectivity index (χ0) is 11.5. The molecule has 5 atom stereocenters. The van der Waals surface area contributed by atoms with Crippen molar-refractivity contribution < 1.29 is 4.74 Å². The topological polar surface area (TPSA) is 9.23 Å². The van der Waals surface area contributed by atoms with Crippen LogP contribution < -0.4 is 0 Å². The normalized spacial score (nSPS) is 51.1. The van der Waals surface area contributed by atoms with Crippen LogP contribution in [-0.2, 0) is 4.74 Å². The third-order valence-corrected chi connectivity index (χ3v) is 5.60. The zero-order valence-corrected chi connectivity index (χ0v) is 10.8. The van der Waals surface area contributed by atoms with E-state index in [0.29, 0.717) is 17.6 Å². The zero-order valence-electron chi connectivity index (χ0n) is 10.8. The van der Waals surface area contributed by atoms with Gasteiger partial charge in [-0.05, 0) is 54.4 Å². The maximum atomic E-state index is 6.26. The molecule has 1 heteroatoms. The molecule has 1 unspecified atom stereocenters. The van der Waals surface area contributed by atoms with E-state index in [1.807, 2.05) is 0 Å². The van der Waals surface area contributed by atoms with Gasteiger partial charge in [-0.15, -0.1) is 0 Å². The van der Waals surface area contributed by atoms with Gasteiger partial charge in [0.05, 0.1) is 12.2 Å². The van der Waals surface area contributed by atoms with Gasteiger partial charge in [-0.1, -0.05) is 27.4 Å². The molecule has 16 heavy (non-hydrogen) atoms. The van der Waals surface area contributed by atoms with Crippen LogP contribution in [0.1, 0.15) is 46.5 Å². The lowest BCUT2D eigenvalue weighted by atomic mass is 9.71. The lowest BCUT2D eigenvalue weighted by Gasteiger charge is -2.31. The molecule has 0 radical (unpaired) electrons. The molecular formula is C15H24O. The molecule has 0 aromatic carbocycles. The summed E-state index contributed by atoms with van der Waals surface area (Å²) < 4.78 is 6.26. The lowest BCUT2D eigenvalue weighted by Crippen LogP contribution is -2.31. The Labute approximate surface area is 99.3 Å². The summed E-state index contributed by atoms with van der Waals surface area (Å²) in [6.45, 7) is 11.5. The van der Waals surface area contributed by atoms with Gasteiger partial charge >= 0.3 is 0 Å². The summed E-state index contributed by atoms with van der Waals surface area (Å²) in [4.78, 5) is 0. The van der Waals surface area contributed by atoms with E-state index in [2.05, 4.69) is 27.4 Å². The van der Waals surface area contributed by atoms with Crippen molar-refractivity contribution in [3.63, 3.8) is 0 Å². The van der Waals surface area contributed by atoms with Crippen molar-refractivity contribution in [3.05, 3.63) is 12.2 Å². The highest BCUT2D eigenvalue weighted by atomic mass is 16.5. The highest BCUT2D eigenvalue weighted by molar-refractivity contribution is 5.20. The van der Waals surface area contributed by atoms with Crippen LogP contribution >= 0.6 is 0 Å². The van der Waals surface area contributed by atoms with Crippen LogP contribution in [0.4, 0.5) is 0 Å². The molecule has 2 saturated heterocycles. The Morgan fingerprint density at radius 1 is 1.38 bits per heavy atom. The van der Waals surface area contributed by atoms with Crippen LogP contribution in [0, 0.1) is 23.2 Å². The van der Waals surface area contributed by atoms with Crippen LogP contribution in [-0.4, -0.2) is 12.2 Å². The third-order valence-electron chi connectivity index (χ3n) is 5.60. The highest BCUT2D eigenvalue weighted by Crippen LogP contribution is 2.62. The van der Waals surface area contributed by atoms with Crippen molar-refractivity contribution in [2.45, 2.75) is 58.7 Å². The molecule has 0 amide bonds. The Morgan fingerprint density at radius 3 is 2.81 bits per heavy atom. The van der Waals surface area contributed by atoms with Gasteiger partial charge in [-0.25, -0.2) is 0 Å². The van der Waals surface area contributed by atoms with Gasteiger partial charge in [0.15, 0.2) is 0 Å². The highest BCUT2D eigenvalue weighted by Gasteiger charge is 2.61. The van der Waals surface area contributed by atoms with E-state index < -0.39 is 0 Å². The first-order valence-electron chi connectivity index (χ1n) is 6.87. The monoisotopic (exact) mass is 220 g/mol. The van der Waals surface area contributed by atoms with Crippen molar-refractivity contribution in [3.8, 4) is 0 Å². The SMILES string of the molecule is C=C1CC[C@@H]2O[C@H]1C1[C@H](C(C)C)CC[C@]12C. The van der Waals surface area contributed by atoms with E-state index >= 15 is 0 Å². The van der Waals surface area contributed by atoms with Gasteiger partial charge in [0.2, 0.25) is 0 Å². The maximum absolute atomic E-state index is 6.26. The summed E-state index contributed by atoms with van der Waals surface area (Å²) in [6, 6.07) is 0. The largest absolute Gasteiger partial charge is 0.370 e. The predicted molar refractivity (Wildman–Crippen MR) is 66.2 cm³/mol. The summed E-state index contributed by atoms with van der Waals surface area (Å²) in [5.41, 5.74) is 1.83. The summed E-state index contributed by atoms with van der Waals surface area (Å²) in [5.74, 6) is 2.41. The Balaban J connectivity index is 1.98. The van der Waals surface area contributed by atoms with Crippen molar-refractivity contribution in [1.82, 2.24) is 0 Å². The van der Waals surface area contributed by atoms with Crippen molar-refractivity contribution in [1.29, 1.82) is 0 Å². The number of hydrogen-bond donors (Lipinski definition) is 0. The molecule has 1 saturated carbocycles. The smallest absolute Gasteiger partial charge is 0.0823 e. The fourth-order valence-corrected chi connectivity index (χ4v) is 4.63. The van der Waals surface area contributed by atoms with Crippen molar-refractivity contribution in [2.24, 2.45) is 23.2 Å². The van der Waals surface area contributed by atoms with E-state index in [1.165, 1.54) is 31.3 Å². The molecule has 90 valence electrons. The van der Waals surface area contributed by atoms with Crippen LogP contribution in [0.3, 0.4) is 0 Å². The fraction of sp³-hybridized carbons (Fsp3) is 0.867. The molecule has 2 bridgehead atoms. The Bertz CT molecular complexity index is 319. The van der Waals surface area contributed by atoms with Crippen LogP contribution in [0.15, 0.2) is 12.2 Å². The molecule has 0 spiro atoms. The fourth-order valence-electron chi connectivity index (χ4n) is 4.63. The van der Waals surface area contributed by atoms with Gasteiger partial charge in [0.1, 0.15) is 0 Å². The molecule has 3 rings (SSSR count). The Morgan fingerprint density at radius 2 is 2.12 bits per heavy atom. The first-order valence-corrected chi connectivity index (χ1v) is 6.87. The van der Waals surface area contributed by atoms with E-state index in [0.717, 1.165) is 17.8 Å². The van der Waals surface area contributed by atoms with Gasteiger partial charge in [0, 0.05) is 0 Å². The minimum absolute atomic E-state index is 0.388. The minimum atomic E-state index is 0.388. The summed E-state index contributed by atoms with van der Waals surface area (Å²) in [7, 11) is 0. The van der Waals surface area contributed by atoms with E-state index in [4.69, 9.17) is 4.74 Å². The third kappa shape index (κ3) is 1.21. The second-order valence-electron chi connectivity index (χ2n) is 6.72. The van der Waals surface area contributed by atoms with Crippen LogP contribution in [0.2, 0.25) is 0 Å². The molecule has 0 N–H and O–H groups in total. The van der Waals surface area contributed by atoms with Crippen LogP contribution in [0.5, 0.6) is 0 Å². The molecule has 1 nitrogen and oxygen atoms in total. The molecule has 1 aliphatic carbocycles. The number of rotatable bonds is 1. The molecule has 2 aliphatic heterocycles. The molecule has 3 aliphatic rings. The predicted octanol–water partition coefficient (Wildman–Crippen LogP) is 3.79. The first-order chi connectivity index (χ1) is 7.54. The quantitative estimate of drug-likeness (QED) is 0.611. The Hall–Kier alpha value is -0.300. The summed E-state index contributed by atoms with van der Waals surface area (Å²) in [6.07, 6.45) is 6.10. The number of fused-ring (bicyclic) bond motifs is 5. The van der Waals surface area contributed by atoms with Gasteiger partial charge in [0.25, 0.3) is 0 Å². The van der Waals surface area contributed by atoms with Crippen molar-refractivity contribution >= 4 is 0 Å². The minimum Gasteiger partial charge on any atom is -0.370 e. The Kier molecular flexibility index (Phi) is 2.27. The maximum Gasteiger partial charge on any atom is 0.0823 e. The van der Waals surface area contributed by atoms with E-state index in [9.17, 15) is 0 Å². The average molecular weight is 220 g/mol. The first kappa shape index (κ1) is 10.8. The lowest BCUT2D eigenvalue weighted by molar-refractivity contribution is -0.00298. The average Bonchev–Trinajstić information content (AvgIpc) is 2.67.